The Balaban J connectivity index is 1.49. The number of non-ortho nitro benzene ring substituents is 1. The number of nitrogens with one attached hydrogen (secondary N) is 2. The Hall–Kier alpha value is -3.33. The van der Waals surface area contributed by atoms with Gasteiger partial charge in [0.15, 0.2) is 5.82 Å². The maximum atomic E-state index is 10.8. The molecular weight excluding hydrogens is 340 g/mol. The Morgan fingerprint density at radius 3 is 2.92 bits per heavy atom. The molecule has 3 aromatic heterocycles. The van der Waals surface area contributed by atoms with E-state index in [9.17, 15) is 10.1 Å². The number of benzene rings is 1. The molecular formula is C16H12N6O2S. The summed E-state index contributed by atoms with van der Waals surface area (Å²) in [6.45, 7) is 0.448. The molecule has 0 unspecified atom stereocenters. The molecule has 4 rings (SSSR count). The van der Waals surface area contributed by atoms with Crippen LogP contribution in [0, 0.1) is 10.1 Å². The summed E-state index contributed by atoms with van der Waals surface area (Å²) < 4.78 is 0. The van der Waals surface area contributed by atoms with Crippen molar-refractivity contribution < 1.29 is 4.92 Å². The molecule has 0 aliphatic carbocycles. The van der Waals surface area contributed by atoms with E-state index in [1.54, 1.807) is 29.5 Å². The predicted octanol–water partition coefficient (Wildman–Crippen LogP) is 3.60. The first-order valence-electron chi connectivity index (χ1n) is 7.43. The van der Waals surface area contributed by atoms with Crippen LogP contribution in [0.15, 0.2) is 47.8 Å². The van der Waals surface area contributed by atoms with Crippen molar-refractivity contribution in [3.8, 4) is 10.7 Å². The first kappa shape index (κ1) is 15.2. The van der Waals surface area contributed by atoms with Crippen LogP contribution in [-0.4, -0.2) is 25.1 Å². The summed E-state index contributed by atoms with van der Waals surface area (Å²) in [7, 11) is 0. The highest BCUT2D eigenvalue weighted by Crippen LogP contribution is 2.22. The van der Waals surface area contributed by atoms with Crippen LogP contribution in [0.2, 0.25) is 0 Å². The Kier molecular flexibility index (Phi) is 3.82. The van der Waals surface area contributed by atoms with E-state index in [0.29, 0.717) is 29.5 Å². The Labute approximate surface area is 145 Å². The molecule has 0 saturated heterocycles. The van der Waals surface area contributed by atoms with Crippen molar-refractivity contribution in [2.24, 2.45) is 0 Å². The second-order valence-corrected chi connectivity index (χ2v) is 6.21. The standard InChI is InChI=1S/C16H12N6O2S/c23-22(24)11-4-5-12-10(8-11)3-6-14(18-12)17-9-15-19-16(21-20-15)13-2-1-7-25-13/h1-8H,9H2,(H,17,18)(H,19,20,21). The summed E-state index contributed by atoms with van der Waals surface area (Å²) in [5.41, 5.74) is 0.741. The summed E-state index contributed by atoms with van der Waals surface area (Å²) in [6, 6.07) is 12.1. The summed E-state index contributed by atoms with van der Waals surface area (Å²) in [5.74, 6) is 2.04. The lowest BCUT2D eigenvalue weighted by Crippen LogP contribution is -2.03. The second kappa shape index (κ2) is 6.29. The lowest BCUT2D eigenvalue weighted by atomic mass is 10.2. The molecule has 0 saturated carbocycles. The first-order chi connectivity index (χ1) is 12.2. The van der Waals surface area contributed by atoms with Gasteiger partial charge in [0, 0.05) is 17.5 Å². The molecule has 0 amide bonds. The van der Waals surface area contributed by atoms with Crippen LogP contribution >= 0.6 is 11.3 Å². The number of pyridine rings is 1. The predicted molar refractivity (Wildman–Crippen MR) is 95.4 cm³/mol. The second-order valence-electron chi connectivity index (χ2n) is 5.27. The van der Waals surface area contributed by atoms with Gasteiger partial charge in [-0.2, -0.15) is 5.10 Å². The summed E-state index contributed by atoms with van der Waals surface area (Å²) in [5, 5.41) is 23.8. The van der Waals surface area contributed by atoms with E-state index >= 15 is 0 Å². The molecule has 0 aliphatic heterocycles. The topological polar surface area (TPSA) is 110 Å². The fourth-order valence-corrected chi connectivity index (χ4v) is 3.05. The number of H-pyrrole nitrogens is 1. The maximum Gasteiger partial charge on any atom is 0.270 e. The van der Waals surface area contributed by atoms with E-state index in [1.807, 2.05) is 17.5 Å². The highest BCUT2D eigenvalue weighted by Gasteiger charge is 2.09. The zero-order valence-corrected chi connectivity index (χ0v) is 13.7. The van der Waals surface area contributed by atoms with Crippen LogP contribution in [0.5, 0.6) is 0 Å². The largest absolute Gasteiger partial charge is 0.363 e. The van der Waals surface area contributed by atoms with Crippen molar-refractivity contribution in [3.05, 3.63) is 63.8 Å². The molecule has 124 valence electrons. The van der Waals surface area contributed by atoms with Crippen molar-refractivity contribution in [2.75, 3.05) is 5.32 Å². The van der Waals surface area contributed by atoms with Crippen LogP contribution in [0.4, 0.5) is 11.5 Å². The van der Waals surface area contributed by atoms with Gasteiger partial charge in [0.2, 0.25) is 0 Å². The van der Waals surface area contributed by atoms with Gasteiger partial charge in [0.25, 0.3) is 5.69 Å². The Morgan fingerprint density at radius 2 is 2.12 bits per heavy atom. The highest BCUT2D eigenvalue weighted by atomic mass is 32.1. The molecule has 8 nitrogen and oxygen atoms in total. The number of rotatable bonds is 5. The summed E-state index contributed by atoms with van der Waals surface area (Å²) in [6.07, 6.45) is 0. The van der Waals surface area contributed by atoms with Crippen molar-refractivity contribution in [2.45, 2.75) is 6.54 Å². The molecule has 3 heterocycles. The third-order valence-corrected chi connectivity index (χ3v) is 4.46. The number of aromatic amines is 1. The van der Waals surface area contributed by atoms with Gasteiger partial charge in [0.1, 0.15) is 11.6 Å². The minimum absolute atomic E-state index is 0.0535. The van der Waals surface area contributed by atoms with Gasteiger partial charge in [-0.15, -0.1) is 11.3 Å². The third kappa shape index (κ3) is 3.17. The number of anilines is 1. The van der Waals surface area contributed by atoms with Gasteiger partial charge in [0.05, 0.1) is 21.9 Å². The van der Waals surface area contributed by atoms with Crippen LogP contribution in [0.1, 0.15) is 5.82 Å². The molecule has 1 aromatic carbocycles. The SMILES string of the molecule is O=[N+]([O-])c1ccc2nc(NCc3nc(-c4cccs4)n[nH]3)ccc2c1. The molecule has 9 heteroatoms. The van der Waals surface area contributed by atoms with Crippen LogP contribution < -0.4 is 5.32 Å². The van der Waals surface area contributed by atoms with Crippen molar-refractivity contribution in [1.82, 2.24) is 20.2 Å². The van der Waals surface area contributed by atoms with E-state index in [-0.39, 0.29) is 5.69 Å². The van der Waals surface area contributed by atoms with Crippen LogP contribution in [0.25, 0.3) is 21.6 Å². The fourth-order valence-electron chi connectivity index (χ4n) is 2.39. The quantitative estimate of drug-likeness (QED) is 0.419. The zero-order chi connectivity index (χ0) is 17.2. The number of nitrogens with zero attached hydrogens (tertiary/aromatic N) is 4. The van der Waals surface area contributed by atoms with E-state index in [1.165, 1.54) is 12.1 Å². The number of nitro groups is 1. The van der Waals surface area contributed by atoms with Gasteiger partial charge >= 0.3 is 0 Å². The molecule has 0 radical (unpaired) electrons. The molecule has 0 spiro atoms. The minimum Gasteiger partial charge on any atom is -0.363 e. The number of hydrogen-bond donors (Lipinski definition) is 2. The number of aromatic nitrogens is 4. The smallest absolute Gasteiger partial charge is 0.270 e. The van der Waals surface area contributed by atoms with Gasteiger partial charge < -0.3 is 5.32 Å². The maximum absolute atomic E-state index is 10.8. The van der Waals surface area contributed by atoms with E-state index in [2.05, 4.69) is 25.5 Å². The van der Waals surface area contributed by atoms with E-state index < -0.39 is 4.92 Å². The van der Waals surface area contributed by atoms with Gasteiger partial charge in [-0.25, -0.2) is 9.97 Å². The lowest BCUT2D eigenvalue weighted by Gasteiger charge is -2.04. The third-order valence-electron chi connectivity index (χ3n) is 3.59. The van der Waals surface area contributed by atoms with Crippen molar-refractivity contribution in [3.63, 3.8) is 0 Å². The molecule has 0 fully saturated rings. The minimum atomic E-state index is -0.416. The van der Waals surface area contributed by atoms with Crippen molar-refractivity contribution >= 4 is 33.7 Å². The van der Waals surface area contributed by atoms with Crippen molar-refractivity contribution in [1.29, 1.82) is 0 Å². The lowest BCUT2D eigenvalue weighted by molar-refractivity contribution is -0.384. The van der Waals surface area contributed by atoms with Crippen LogP contribution in [-0.2, 0) is 6.54 Å². The van der Waals surface area contributed by atoms with E-state index in [0.717, 1.165) is 10.3 Å². The van der Waals surface area contributed by atoms with Gasteiger partial charge in [-0.1, -0.05) is 6.07 Å². The normalized spacial score (nSPS) is 10.9. The monoisotopic (exact) mass is 352 g/mol. The molecule has 4 aromatic rings. The number of nitro benzene ring substituents is 1. The zero-order valence-electron chi connectivity index (χ0n) is 12.8. The summed E-state index contributed by atoms with van der Waals surface area (Å²) in [4.78, 5) is 20.3. The summed E-state index contributed by atoms with van der Waals surface area (Å²) >= 11 is 1.58. The molecule has 0 bridgehead atoms. The Morgan fingerprint density at radius 1 is 1.20 bits per heavy atom. The molecule has 0 aliphatic rings. The molecule has 2 N–H and O–H groups in total. The average Bonchev–Trinajstić information content (AvgIpc) is 3.30. The highest BCUT2D eigenvalue weighted by molar-refractivity contribution is 7.13. The Bertz CT molecular complexity index is 1040. The average molecular weight is 352 g/mol. The van der Waals surface area contributed by atoms with E-state index in [4.69, 9.17) is 0 Å². The molecule has 0 atom stereocenters. The molecule has 25 heavy (non-hydrogen) atoms. The van der Waals surface area contributed by atoms with Gasteiger partial charge in [-0.05, 0) is 29.6 Å². The number of fused-ring (bicyclic) bond motifs is 1. The fraction of sp³-hybridized carbons (Fsp3) is 0.0625. The number of thiophene rings is 1. The first-order valence-corrected chi connectivity index (χ1v) is 8.31. The number of hydrogen-bond acceptors (Lipinski definition) is 7. The van der Waals surface area contributed by atoms with Gasteiger partial charge in [-0.3, -0.25) is 15.2 Å². The van der Waals surface area contributed by atoms with Crippen LogP contribution in [0.3, 0.4) is 0 Å².